The summed E-state index contributed by atoms with van der Waals surface area (Å²) in [6, 6.07) is 11.9. The summed E-state index contributed by atoms with van der Waals surface area (Å²) in [4.78, 5) is 0. The van der Waals surface area contributed by atoms with Crippen LogP contribution in [0, 0.1) is 3.57 Å². The summed E-state index contributed by atoms with van der Waals surface area (Å²) in [6.45, 7) is -0.847. The molecule has 0 aliphatic heterocycles. The van der Waals surface area contributed by atoms with Gasteiger partial charge in [-0.1, -0.05) is 30.3 Å². The van der Waals surface area contributed by atoms with E-state index in [0.717, 1.165) is 19.9 Å². The molecule has 0 aliphatic rings. The molecule has 6 heteroatoms. The van der Waals surface area contributed by atoms with Crippen molar-refractivity contribution >= 4 is 43.4 Å². The van der Waals surface area contributed by atoms with E-state index in [2.05, 4.69) is 27.3 Å². The molecule has 2 aromatic rings. The number of benzene rings is 2. The minimum atomic E-state index is -3.42. The molecule has 0 heterocycles. The molecule has 0 saturated heterocycles. The predicted octanol–water partition coefficient (Wildman–Crippen LogP) is 2.88. The zero-order valence-corrected chi connectivity index (χ0v) is 13.7. The van der Waals surface area contributed by atoms with Crippen LogP contribution in [0.2, 0.25) is 0 Å². The summed E-state index contributed by atoms with van der Waals surface area (Å²) in [5.74, 6) is -0.0307. The highest BCUT2D eigenvalue weighted by Gasteiger charge is 2.13. The maximum atomic E-state index is 12.0. The Morgan fingerprint density at radius 3 is 2.65 bits per heavy atom. The Kier molecular flexibility index (Phi) is 5.34. The van der Waals surface area contributed by atoms with Crippen molar-refractivity contribution in [3.8, 4) is 0 Å². The minimum Gasteiger partial charge on any atom is -0.250 e. The highest BCUT2D eigenvalue weighted by Crippen LogP contribution is 2.24. The van der Waals surface area contributed by atoms with Crippen LogP contribution < -0.4 is 4.72 Å². The van der Waals surface area contributed by atoms with Gasteiger partial charge in [-0.3, -0.25) is 0 Å². The molecule has 0 fully saturated rings. The van der Waals surface area contributed by atoms with Gasteiger partial charge in [-0.05, 0) is 51.4 Å². The van der Waals surface area contributed by atoms with Crippen molar-refractivity contribution in [2.75, 3.05) is 19.0 Å². The zero-order chi connectivity index (χ0) is 14.6. The number of alkyl halides is 1. The van der Waals surface area contributed by atoms with Gasteiger partial charge in [0, 0.05) is 10.1 Å². The highest BCUT2D eigenvalue weighted by molar-refractivity contribution is 14.1. The van der Waals surface area contributed by atoms with Crippen molar-refractivity contribution in [3.63, 3.8) is 0 Å². The molecule has 2 aromatic carbocycles. The van der Waals surface area contributed by atoms with E-state index >= 15 is 0 Å². The van der Waals surface area contributed by atoms with Gasteiger partial charge in [0.1, 0.15) is 6.67 Å². The number of sulfonamides is 1. The van der Waals surface area contributed by atoms with Crippen LogP contribution in [-0.4, -0.2) is 27.4 Å². The molecule has 0 amide bonds. The molecule has 2 rings (SSSR count). The molecule has 0 saturated carbocycles. The molecule has 0 radical (unpaired) electrons. The first-order valence-corrected chi connectivity index (χ1v) is 8.96. The Morgan fingerprint density at radius 1 is 1.15 bits per heavy atom. The summed E-state index contributed by atoms with van der Waals surface area (Å²) in [6.07, 6.45) is 0.418. The Labute approximate surface area is 131 Å². The molecule has 108 valence electrons. The maximum absolute atomic E-state index is 12.0. The second-order valence-electron chi connectivity index (χ2n) is 4.40. The molecule has 0 unspecified atom stereocenters. The van der Waals surface area contributed by atoms with Gasteiger partial charge in [-0.2, -0.15) is 0 Å². The smallest absolute Gasteiger partial charge is 0.212 e. The Morgan fingerprint density at radius 2 is 1.90 bits per heavy atom. The monoisotopic (exact) mass is 407 g/mol. The second kappa shape index (κ2) is 6.82. The average Bonchev–Trinajstić information content (AvgIpc) is 2.44. The Bertz CT molecular complexity index is 703. The standard InChI is InChI=1S/C14H15FINO2S/c15-8-9-17-20(18,19)10-7-13-12-4-2-1-3-11(12)5-6-14(13)16/h1-6,17H,7-10H2. The van der Waals surface area contributed by atoms with Crippen molar-refractivity contribution in [3.05, 3.63) is 45.5 Å². The van der Waals surface area contributed by atoms with Gasteiger partial charge < -0.3 is 0 Å². The summed E-state index contributed by atoms with van der Waals surface area (Å²) >= 11 is 2.21. The number of aryl methyl sites for hydroxylation is 1. The lowest BCUT2D eigenvalue weighted by molar-refractivity contribution is 0.486. The first kappa shape index (κ1) is 15.7. The lowest BCUT2D eigenvalue weighted by Gasteiger charge is -2.10. The second-order valence-corrected chi connectivity index (χ2v) is 7.49. The summed E-state index contributed by atoms with van der Waals surface area (Å²) in [7, 11) is -3.42. The van der Waals surface area contributed by atoms with Crippen LogP contribution in [-0.2, 0) is 16.4 Å². The van der Waals surface area contributed by atoms with Crippen LogP contribution in [0.3, 0.4) is 0 Å². The molecule has 0 bridgehead atoms. The Hall–Kier alpha value is -0.730. The zero-order valence-electron chi connectivity index (χ0n) is 10.8. The molecular formula is C14H15FINO2S. The molecule has 0 spiro atoms. The first-order valence-electron chi connectivity index (χ1n) is 6.23. The number of nitrogens with one attached hydrogen (secondary N) is 1. The van der Waals surface area contributed by atoms with Crippen LogP contribution in [0.15, 0.2) is 36.4 Å². The van der Waals surface area contributed by atoms with Crippen LogP contribution in [0.4, 0.5) is 4.39 Å². The fraction of sp³-hybridized carbons (Fsp3) is 0.286. The highest BCUT2D eigenvalue weighted by atomic mass is 127. The molecule has 3 nitrogen and oxygen atoms in total. The fourth-order valence-electron chi connectivity index (χ4n) is 2.07. The van der Waals surface area contributed by atoms with Crippen molar-refractivity contribution in [1.29, 1.82) is 0 Å². The van der Waals surface area contributed by atoms with E-state index in [-0.39, 0.29) is 12.3 Å². The van der Waals surface area contributed by atoms with E-state index in [1.165, 1.54) is 0 Å². The predicted molar refractivity (Wildman–Crippen MR) is 88.1 cm³/mol. The van der Waals surface area contributed by atoms with Gasteiger partial charge >= 0.3 is 0 Å². The van der Waals surface area contributed by atoms with Gasteiger partial charge in [0.15, 0.2) is 0 Å². The van der Waals surface area contributed by atoms with E-state index in [1.54, 1.807) is 0 Å². The largest absolute Gasteiger partial charge is 0.250 e. The fourth-order valence-corrected chi connectivity index (χ4v) is 3.81. The van der Waals surface area contributed by atoms with Gasteiger partial charge in [0.05, 0.1) is 5.75 Å². The van der Waals surface area contributed by atoms with E-state index in [4.69, 9.17) is 0 Å². The summed E-state index contributed by atoms with van der Waals surface area (Å²) in [5, 5.41) is 2.16. The van der Waals surface area contributed by atoms with Gasteiger partial charge in [-0.25, -0.2) is 17.5 Å². The first-order chi connectivity index (χ1) is 9.53. The quantitative estimate of drug-likeness (QED) is 0.749. The van der Waals surface area contributed by atoms with Crippen LogP contribution in [0.1, 0.15) is 5.56 Å². The third kappa shape index (κ3) is 3.89. The van der Waals surface area contributed by atoms with Crippen molar-refractivity contribution in [1.82, 2.24) is 4.72 Å². The maximum Gasteiger partial charge on any atom is 0.212 e. The van der Waals surface area contributed by atoms with Gasteiger partial charge in [0.25, 0.3) is 0 Å². The summed E-state index contributed by atoms with van der Waals surface area (Å²) < 4.78 is 38.8. The minimum absolute atomic E-state index is 0.0307. The third-order valence-corrected chi connectivity index (χ3v) is 5.42. The van der Waals surface area contributed by atoms with Gasteiger partial charge in [-0.15, -0.1) is 0 Å². The van der Waals surface area contributed by atoms with Crippen LogP contribution in [0.25, 0.3) is 10.8 Å². The normalized spacial score (nSPS) is 11.9. The van der Waals surface area contributed by atoms with Crippen molar-refractivity contribution in [2.24, 2.45) is 0 Å². The molecule has 0 aliphatic carbocycles. The Balaban J connectivity index is 2.24. The summed E-state index contributed by atoms with van der Waals surface area (Å²) in [5.41, 5.74) is 1.02. The van der Waals surface area contributed by atoms with Gasteiger partial charge in [0.2, 0.25) is 10.0 Å². The van der Waals surface area contributed by atoms with Crippen molar-refractivity contribution in [2.45, 2.75) is 6.42 Å². The number of hydrogen-bond donors (Lipinski definition) is 1. The topological polar surface area (TPSA) is 46.2 Å². The van der Waals surface area contributed by atoms with E-state index in [9.17, 15) is 12.8 Å². The van der Waals surface area contributed by atoms with E-state index in [0.29, 0.717) is 6.42 Å². The van der Waals surface area contributed by atoms with E-state index < -0.39 is 16.7 Å². The number of fused-ring (bicyclic) bond motifs is 1. The lowest BCUT2D eigenvalue weighted by atomic mass is 10.0. The van der Waals surface area contributed by atoms with Crippen molar-refractivity contribution < 1.29 is 12.8 Å². The number of rotatable bonds is 6. The molecule has 0 atom stereocenters. The lowest BCUT2D eigenvalue weighted by Crippen LogP contribution is -2.29. The third-order valence-electron chi connectivity index (χ3n) is 3.02. The molecule has 0 aromatic heterocycles. The molecular weight excluding hydrogens is 392 g/mol. The molecule has 20 heavy (non-hydrogen) atoms. The number of halogens is 2. The average molecular weight is 407 g/mol. The SMILES string of the molecule is O=S(=O)(CCc1c(I)ccc2ccccc12)NCCF. The van der Waals surface area contributed by atoms with Crippen LogP contribution in [0.5, 0.6) is 0 Å². The van der Waals surface area contributed by atoms with E-state index in [1.807, 2.05) is 36.4 Å². The number of hydrogen-bond acceptors (Lipinski definition) is 2. The molecule has 1 N–H and O–H groups in total. The van der Waals surface area contributed by atoms with Crippen LogP contribution >= 0.6 is 22.6 Å².